The van der Waals surface area contributed by atoms with Crippen molar-refractivity contribution in [1.29, 1.82) is 0 Å². The number of carbonyl (C=O) groups excluding carboxylic acids is 3. The summed E-state index contributed by atoms with van der Waals surface area (Å²) in [5, 5.41) is 5.94. The highest BCUT2D eigenvalue weighted by Crippen LogP contribution is 2.31. The number of halogens is 1. The molecule has 0 saturated carbocycles. The van der Waals surface area contributed by atoms with E-state index < -0.39 is 5.92 Å². The number of nitrogens with one attached hydrogen (secondary N) is 2. The molecule has 1 aliphatic rings. The molecule has 0 spiro atoms. The van der Waals surface area contributed by atoms with Crippen LogP contribution in [0, 0.1) is 5.92 Å². The van der Waals surface area contributed by atoms with E-state index in [0.29, 0.717) is 22.1 Å². The van der Waals surface area contributed by atoms with Crippen molar-refractivity contribution in [1.82, 2.24) is 0 Å². The van der Waals surface area contributed by atoms with Gasteiger partial charge in [-0.1, -0.05) is 29.8 Å². The van der Waals surface area contributed by atoms with Gasteiger partial charge >= 0.3 is 0 Å². The number of amides is 3. The third kappa shape index (κ3) is 4.03. The lowest BCUT2D eigenvalue weighted by Gasteiger charge is -2.18. The minimum absolute atomic E-state index is 0.127. The summed E-state index contributed by atoms with van der Waals surface area (Å²) in [5.74, 6) is -1.04. The van der Waals surface area contributed by atoms with Crippen LogP contribution in [-0.4, -0.2) is 24.3 Å². The lowest BCUT2D eigenvalue weighted by molar-refractivity contribution is -0.122. The molecule has 3 rings (SSSR count). The molecule has 0 aromatic heterocycles. The summed E-state index contributed by atoms with van der Waals surface area (Å²) in [7, 11) is 0. The fourth-order valence-electron chi connectivity index (χ4n) is 2.91. The molecule has 1 fully saturated rings. The van der Waals surface area contributed by atoms with E-state index in [-0.39, 0.29) is 30.7 Å². The third-order valence-corrected chi connectivity index (χ3v) is 4.41. The van der Waals surface area contributed by atoms with Gasteiger partial charge in [-0.25, -0.2) is 0 Å². The molecular formula is C19H18ClN3O3. The fraction of sp³-hybridized carbons (Fsp3) is 0.211. The van der Waals surface area contributed by atoms with Gasteiger partial charge in [0.05, 0.1) is 16.6 Å². The van der Waals surface area contributed by atoms with Crippen molar-refractivity contribution in [3.05, 3.63) is 53.6 Å². The smallest absolute Gasteiger partial charge is 0.229 e. The number of rotatable bonds is 4. The Kier molecular flexibility index (Phi) is 5.23. The van der Waals surface area contributed by atoms with Crippen molar-refractivity contribution in [3.8, 4) is 0 Å². The normalized spacial score (nSPS) is 16.5. The molecule has 1 heterocycles. The number of hydrogen-bond acceptors (Lipinski definition) is 3. The van der Waals surface area contributed by atoms with Gasteiger partial charge < -0.3 is 15.5 Å². The van der Waals surface area contributed by atoms with Crippen molar-refractivity contribution < 1.29 is 14.4 Å². The first-order chi connectivity index (χ1) is 12.4. The second-order valence-electron chi connectivity index (χ2n) is 6.11. The van der Waals surface area contributed by atoms with Crippen LogP contribution >= 0.6 is 11.6 Å². The lowest BCUT2D eigenvalue weighted by atomic mass is 10.1. The van der Waals surface area contributed by atoms with Gasteiger partial charge in [0.1, 0.15) is 0 Å². The van der Waals surface area contributed by atoms with E-state index in [9.17, 15) is 14.4 Å². The van der Waals surface area contributed by atoms with Crippen molar-refractivity contribution in [2.75, 3.05) is 22.1 Å². The second-order valence-corrected chi connectivity index (χ2v) is 6.52. The van der Waals surface area contributed by atoms with Crippen molar-refractivity contribution in [2.45, 2.75) is 13.3 Å². The van der Waals surface area contributed by atoms with Crippen molar-refractivity contribution in [3.63, 3.8) is 0 Å². The Morgan fingerprint density at radius 3 is 2.46 bits per heavy atom. The molecule has 3 amide bonds. The maximum Gasteiger partial charge on any atom is 0.229 e. The van der Waals surface area contributed by atoms with E-state index >= 15 is 0 Å². The SMILES string of the molecule is CC(=O)Nc1cccc(NC(=O)[C@H]2CC(=O)N(c3ccccc3Cl)C2)c1. The maximum atomic E-state index is 12.5. The minimum atomic E-state index is -0.469. The highest BCUT2D eigenvalue weighted by Gasteiger charge is 2.35. The summed E-state index contributed by atoms with van der Waals surface area (Å²) in [4.78, 5) is 37.5. The zero-order chi connectivity index (χ0) is 18.7. The first kappa shape index (κ1) is 17.9. The van der Waals surface area contributed by atoms with Gasteiger partial charge in [0.15, 0.2) is 0 Å². The summed E-state index contributed by atoms with van der Waals surface area (Å²) in [5.41, 5.74) is 1.77. The molecule has 0 aliphatic carbocycles. The molecule has 134 valence electrons. The van der Waals surface area contributed by atoms with Crippen molar-refractivity contribution in [2.24, 2.45) is 5.92 Å². The Morgan fingerprint density at radius 1 is 1.08 bits per heavy atom. The zero-order valence-corrected chi connectivity index (χ0v) is 14.9. The molecule has 0 unspecified atom stereocenters. The van der Waals surface area contributed by atoms with E-state index in [1.807, 2.05) is 0 Å². The Bertz CT molecular complexity index is 869. The third-order valence-electron chi connectivity index (χ3n) is 4.09. The summed E-state index contributed by atoms with van der Waals surface area (Å²) in [6, 6.07) is 13.9. The molecule has 1 saturated heterocycles. The summed E-state index contributed by atoms with van der Waals surface area (Å²) in [6.45, 7) is 1.69. The summed E-state index contributed by atoms with van der Waals surface area (Å²) in [6.07, 6.45) is 0.127. The quantitative estimate of drug-likeness (QED) is 0.865. The first-order valence-corrected chi connectivity index (χ1v) is 8.55. The predicted octanol–water partition coefficient (Wildman–Crippen LogP) is 3.29. The second kappa shape index (κ2) is 7.58. The lowest BCUT2D eigenvalue weighted by Crippen LogP contribution is -2.28. The van der Waals surface area contributed by atoms with Crippen LogP contribution < -0.4 is 15.5 Å². The van der Waals surface area contributed by atoms with Crippen molar-refractivity contribution >= 4 is 46.4 Å². The van der Waals surface area contributed by atoms with Crippen LogP contribution in [0.3, 0.4) is 0 Å². The minimum Gasteiger partial charge on any atom is -0.326 e. The summed E-state index contributed by atoms with van der Waals surface area (Å²) < 4.78 is 0. The zero-order valence-electron chi connectivity index (χ0n) is 14.2. The van der Waals surface area contributed by atoms with Crippen LogP contribution in [0.4, 0.5) is 17.1 Å². The van der Waals surface area contributed by atoms with Crippen LogP contribution in [0.5, 0.6) is 0 Å². The molecule has 6 nitrogen and oxygen atoms in total. The molecule has 2 aromatic rings. The van der Waals surface area contributed by atoms with E-state index in [1.165, 1.54) is 6.92 Å². The van der Waals surface area contributed by atoms with Crippen LogP contribution in [-0.2, 0) is 14.4 Å². The number of anilines is 3. The first-order valence-electron chi connectivity index (χ1n) is 8.17. The largest absolute Gasteiger partial charge is 0.326 e. The van der Waals surface area contributed by atoms with Gasteiger partial charge in [-0.2, -0.15) is 0 Å². The standard InChI is InChI=1S/C19H18ClN3O3/c1-12(24)21-14-5-4-6-15(10-14)22-19(26)13-9-18(25)23(11-13)17-8-3-2-7-16(17)20/h2-8,10,13H,9,11H2,1H3,(H,21,24)(H,22,26)/t13-/m0/s1. The molecular weight excluding hydrogens is 354 g/mol. The Morgan fingerprint density at radius 2 is 1.77 bits per heavy atom. The average molecular weight is 372 g/mol. The van der Waals surface area contributed by atoms with Gasteiger partial charge in [0.25, 0.3) is 0 Å². The predicted molar refractivity (Wildman–Crippen MR) is 101 cm³/mol. The molecule has 2 N–H and O–H groups in total. The number of hydrogen-bond donors (Lipinski definition) is 2. The van der Waals surface area contributed by atoms with E-state index in [2.05, 4.69) is 10.6 Å². The van der Waals surface area contributed by atoms with Crippen LogP contribution in [0.1, 0.15) is 13.3 Å². The highest BCUT2D eigenvalue weighted by molar-refractivity contribution is 6.33. The fourth-order valence-corrected chi connectivity index (χ4v) is 3.15. The molecule has 1 atom stereocenters. The highest BCUT2D eigenvalue weighted by atomic mass is 35.5. The summed E-state index contributed by atoms with van der Waals surface area (Å²) >= 11 is 6.16. The van der Waals surface area contributed by atoms with Gasteiger partial charge in [0.2, 0.25) is 17.7 Å². The van der Waals surface area contributed by atoms with Gasteiger partial charge in [-0.05, 0) is 30.3 Å². The number of carbonyl (C=O) groups is 3. The van der Waals surface area contributed by atoms with Gasteiger partial charge in [-0.15, -0.1) is 0 Å². The van der Waals surface area contributed by atoms with Crippen LogP contribution in [0.2, 0.25) is 5.02 Å². The monoisotopic (exact) mass is 371 g/mol. The molecule has 0 bridgehead atoms. The Hall–Kier alpha value is -2.86. The van der Waals surface area contributed by atoms with Gasteiger partial charge in [0, 0.05) is 31.3 Å². The van der Waals surface area contributed by atoms with E-state index in [4.69, 9.17) is 11.6 Å². The van der Waals surface area contributed by atoms with Gasteiger partial charge in [-0.3, -0.25) is 14.4 Å². The molecule has 26 heavy (non-hydrogen) atoms. The number of benzene rings is 2. The topological polar surface area (TPSA) is 78.5 Å². The average Bonchev–Trinajstić information content (AvgIpc) is 2.97. The van der Waals surface area contributed by atoms with Crippen LogP contribution in [0.25, 0.3) is 0 Å². The van der Waals surface area contributed by atoms with Crippen LogP contribution in [0.15, 0.2) is 48.5 Å². The number of para-hydroxylation sites is 1. The van der Waals surface area contributed by atoms with E-state index in [1.54, 1.807) is 53.4 Å². The number of nitrogens with zero attached hydrogens (tertiary/aromatic N) is 1. The molecule has 1 aliphatic heterocycles. The maximum absolute atomic E-state index is 12.5. The Labute approximate surface area is 156 Å². The molecule has 7 heteroatoms. The Balaban J connectivity index is 1.69. The molecule has 0 radical (unpaired) electrons. The molecule has 2 aromatic carbocycles. The van der Waals surface area contributed by atoms with E-state index in [0.717, 1.165) is 0 Å².